The smallest absolute Gasteiger partial charge is 0.214 e. The van der Waals surface area contributed by atoms with Gasteiger partial charge in [0.25, 0.3) is 0 Å². The summed E-state index contributed by atoms with van der Waals surface area (Å²) >= 11 is 0. The monoisotopic (exact) mass is 349 g/mol. The van der Waals surface area contributed by atoms with Crippen molar-refractivity contribution < 1.29 is 8.42 Å². The molecule has 2 aliphatic heterocycles. The first-order valence-electron chi connectivity index (χ1n) is 8.66. The molecule has 4 rings (SSSR count). The average molecular weight is 349 g/mol. The molecule has 4 heterocycles. The number of nitrogens with zero attached hydrogens (tertiary/aromatic N) is 4. The first-order chi connectivity index (χ1) is 11.6. The second-order valence-corrected chi connectivity index (χ2v) is 8.66. The van der Waals surface area contributed by atoms with E-state index in [9.17, 15) is 8.42 Å². The summed E-state index contributed by atoms with van der Waals surface area (Å²) < 4.78 is 27.0. The summed E-state index contributed by atoms with van der Waals surface area (Å²) in [5.74, 6) is 1.16. The van der Waals surface area contributed by atoms with Gasteiger partial charge in [0.1, 0.15) is 17.8 Å². The Bertz CT molecular complexity index is 834. The Labute approximate surface area is 142 Å². The topological polar surface area (TPSA) is 82.2 Å². The van der Waals surface area contributed by atoms with Gasteiger partial charge in [-0.3, -0.25) is 0 Å². The van der Waals surface area contributed by atoms with Gasteiger partial charge >= 0.3 is 0 Å². The maximum absolute atomic E-state index is 12.6. The van der Waals surface area contributed by atoms with E-state index in [0.717, 1.165) is 42.7 Å². The molecule has 1 N–H and O–H groups in total. The van der Waals surface area contributed by atoms with Crippen LogP contribution in [0.15, 0.2) is 18.6 Å². The summed E-state index contributed by atoms with van der Waals surface area (Å²) in [5.41, 5.74) is 0.828. The van der Waals surface area contributed by atoms with Crippen molar-refractivity contribution in [3.05, 3.63) is 18.6 Å². The van der Waals surface area contributed by atoms with E-state index < -0.39 is 10.0 Å². The SMILES string of the molecule is CCCS(=O)(=O)N1CCC[C@@H]2[C@H]1CCN2c1ncnc2[nH]ccc12. The van der Waals surface area contributed by atoms with Gasteiger partial charge in [0.2, 0.25) is 10.0 Å². The molecule has 0 bridgehead atoms. The van der Waals surface area contributed by atoms with Crippen molar-refractivity contribution in [2.24, 2.45) is 0 Å². The highest BCUT2D eigenvalue weighted by Gasteiger charge is 2.45. The molecule has 0 unspecified atom stereocenters. The van der Waals surface area contributed by atoms with E-state index in [2.05, 4.69) is 19.9 Å². The normalized spacial score (nSPS) is 25.3. The Kier molecular flexibility index (Phi) is 3.96. The highest BCUT2D eigenvalue weighted by Crippen LogP contribution is 2.37. The molecule has 0 amide bonds. The van der Waals surface area contributed by atoms with Crippen molar-refractivity contribution in [3.63, 3.8) is 0 Å². The van der Waals surface area contributed by atoms with Crippen LogP contribution in [0.3, 0.4) is 0 Å². The lowest BCUT2D eigenvalue weighted by Crippen LogP contribution is -2.52. The van der Waals surface area contributed by atoms with Gasteiger partial charge < -0.3 is 9.88 Å². The van der Waals surface area contributed by atoms with E-state index in [1.807, 2.05) is 19.2 Å². The zero-order valence-corrected chi connectivity index (χ0v) is 14.7. The third kappa shape index (κ3) is 2.48. The zero-order chi connectivity index (χ0) is 16.7. The van der Waals surface area contributed by atoms with Gasteiger partial charge in [0.05, 0.1) is 11.1 Å². The van der Waals surface area contributed by atoms with E-state index >= 15 is 0 Å². The number of nitrogens with one attached hydrogen (secondary N) is 1. The third-order valence-corrected chi connectivity index (χ3v) is 7.28. The van der Waals surface area contributed by atoms with Crippen LogP contribution in [0.4, 0.5) is 5.82 Å². The second-order valence-electron chi connectivity index (χ2n) is 6.62. The van der Waals surface area contributed by atoms with Crippen LogP contribution in [0.5, 0.6) is 0 Å². The summed E-state index contributed by atoms with van der Waals surface area (Å²) in [7, 11) is -3.16. The predicted octanol–water partition coefficient (Wildman–Crippen LogP) is 1.74. The summed E-state index contributed by atoms with van der Waals surface area (Å²) in [5, 5.41) is 1.01. The van der Waals surface area contributed by atoms with Crippen LogP contribution in [-0.2, 0) is 10.0 Å². The maximum Gasteiger partial charge on any atom is 0.214 e. The number of aromatic nitrogens is 3. The molecule has 2 fully saturated rings. The Morgan fingerprint density at radius 2 is 2.12 bits per heavy atom. The quantitative estimate of drug-likeness (QED) is 0.909. The number of piperidine rings is 1. The lowest BCUT2D eigenvalue weighted by Gasteiger charge is -2.39. The Hall–Kier alpha value is -1.67. The predicted molar refractivity (Wildman–Crippen MR) is 93.4 cm³/mol. The molecular formula is C16H23N5O2S. The van der Waals surface area contributed by atoms with E-state index in [0.29, 0.717) is 13.0 Å². The molecule has 0 saturated carbocycles. The van der Waals surface area contributed by atoms with E-state index in [1.54, 1.807) is 10.6 Å². The highest BCUT2D eigenvalue weighted by atomic mass is 32.2. The summed E-state index contributed by atoms with van der Waals surface area (Å²) in [4.78, 5) is 14.2. The molecule has 2 aromatic heterocycles. The average Bonchev–Trinajstić information content (AvgIpc) is 3.20. The van der Waals surface area contributed by atoms with Crippen molar-refractivity contribution in [1.82, 2.24) is 19.3 Å². The number of sulfonamides is 1. The minimum atomic E-state index is -3.16. The fraction of sp³-hybridized carbons (Fsp3) is 0.625. The van der Waals surface area contributed by atoms with E-state index in [4.69, 9.17) is 0 Å². The minimum Gasteiger partial charge on any atom is -0.351 e. The number of H-pyrrole nitrogens is 1. The van der Waals surface area contributed by atoms with Crippen LogP contribution >= 0.6 is 0 Å². The van der Waals surface area contributed by atoms with Gasteiger partial charge in [-0.25, -0.2) is 18.4 Å². The van der Waals surface area contributed by atoms with Crippen molar-refractivity contribution >= 4 is 26.9 Å². The van der Waals surface area contributed by atoms with Crippen molar-refractivity contribution in [1.29, 1.82) is 0 Å². The van der Waals surface area contributed by atoms with Gasteiger partial charge in [-0.15, -0.1) is 0 Å². The molecule has 2 aromatic rings. The van der Waals surface area contributed by atoms with Crippen LogP contribution in [0, 0.1) is 0 Å². The highest BCUT2D eigenvalue weighted by molar-refractivity contribution is 7.89. The van der Waals surface area contributed by atoms with Crippen LogP contribution < -0.4 is 4.90 Å². The third-order valence-electron chi connectivity index (χ3n) is 5.18. The molecule has 0 aromatic carbocycles. The van der Waals surface area contributed by atoms with Crippen LogP contribution in [0.25, 0.3) is 11.0 Å². The molecule has 0 aliphatic carbocycles. The zero-order valence-electron chi connectivity index (χ0n) is 13.9. The van der Waals surface area contributed by atoms with Gasteiger partial charge in [0, 0.05) is 31.4 Å². The molecule has 2 saturated heterocycles. The first-order valence-corrected chi connectivity index (χ1v) is 10.3. The molecule has 2 aliphatic rings. The Balaban J connectivity index is 1.66. The molecule has 130 valence electrons. The fourth-order valence-electron chi connectivity index (χ4n) is 4.21. The van der Waals surface area contributed by atoms with E-state index in [-0.39, 0.29) is 17.8 Å². The minimum absolute atomic E-state index is 0.0688. The molecule has 2 atom stereocenters. The van der Waals surface area contributed by atoms with Crippen molar-refractivity contribution in [3.8, 4) is 0 Å². The first kappa shape index (κ1) is 15.8. The molecule has 24 heavy (non-hydrogen) atoms. The van der Waals surface area contributed by atoms with Gasteiger partial charge in [-0.1, -0.05) is 6.92 Å². The van der Waals surface area contributed by atoms with Gasteiger partial charge in [-0.2, -0.15) is 4.31 Å². The molecule has 0 radical (unpaired) electrons. The number of anilines is 1. The molecule has 0 spiro atoms. The van der Waals surface area contributed by atoms with Crippen LogP contribution in [-0.4, -0.2) is 58.6 Å². The molecular weight excluding hydrogens is 326 g/mol. The Morgan fingerprint density at radius 1 is 1.25 bits per heavy atom. The van der Waals surface area contributed by atoms with Gasteiger partial charge in [0.15, 0.2) is 0 Å². The van der Waals surface area contributed by atoms with Crippen molar-refractivity contribution in [2.45, 2.75) is 44.7 Å². The van der Waals surface area contributed by atoms with Crippen LogP contribution in [0.1, 0.15) is 32.6 Å². The standard InChI is InChI=1S/C16H23N5O2S/c1-2-10-24(22,23)21-8-3-4-13-14(21)6-9-20(13)16-12-5-7-17-15(12)18-11-19-16/h5,7,11,13-14H,2-4,6,8-10H2,1H3,(H,17,18,19)/t13-,14-/m1/s1. The summed E-state index contributed by atoms with van der Waals surface area (Å²) in [6.45, 7) is 3.41. The lowest BCUT2D eigenvalue weighted by molar-refractivity contribution is 0.244. The van der Waals surface area contributed by atoms with Crippen LogP contribution in [0.2, 0.25) is 0 Å². The van der Waals surface area contributed by atoms with E-state index in [1.165, 1.54) is 0 Å². The van der Waals surface area contributed by atoms with Crippen molar-refractivity contribution in [2.75, 3.05) is 23.7 Å². The second kappa shape index (κ2) is 6.00. The number of fused-ring (bicyclic) bond motifs is 2. The fourth-order valence-corrected chi connectivity index (χ4v) is 6.03. The molecule has 8 heteroatoms. The maximum atomic E-state index is 12.6. The number of hydrogen-bond acceptors (Lipinski definition) is 5. The summed E-state index contributed by atoms with van der Waals surface area (Å²) in [6.07, 6.45) is 6.89. The number of hydrogen-bond donors (Lipinski definition) is 1. The lowest BCUT2D eigenvalue weighted by atomic mass is 9.99. The summed E-state index contributed by atoms with van der Waals surface area (Å²) in [6, 6.07) is 2.27. The Morgan fingerprint density at radius 3 is 2.96 bits per heavy atom. The van der Waals surface area contributed by atoms with Gasteiger partial charge in [-0.05, 0) is 31.7 Å². The number of aromatic amines is 1. The molecule has 7 nitrogen and oxygen atoms in total. The number of rotatable bonds is 4. The largest absolute Gasteiger partial charge is 0.351 e.